The van der Waals surface area contributed by atoms with Gasteiger partial charge in [0.1, 0.15) is 17.1 Å². The number of tetrazole rings is 1. The number of hydrogen-bond acceptors (Lipinski definition) is 8. The molecule has 0 N–H and O–H groups in total. The maximum atomic E-state index is 5.49. The Morgan fingerprint density at radius 1 is 0.784 bits per heavy atom. The molecular weight excluding hydrogens is 470 g/mol. The Hall–Kier alpha value is -4.11. The van der Waals surface area contributed by atoms with Crippen LogP contribution >= 0.6 is 0 Å². The van der Waals surface area contributed by atoms with Gasteiger partial charge in [-0.3, -0.25) is 4.90 Å². The molecule has 4 aromatic rings. The van der Waals surface area contributed by atoms with Gasteiger partial charge in [0.05, 0.1) is 34.1 Å². The molecule has 3 aromatic carbocycles. The monoisotopic (exact) mass is 501 g/mol. The number of aromatic nitrogens is 4. The van der Waals surface area contributed by atoms with Gasteiger partial charge < -0.3 is 18.9 Å². The number of nitrogens with zero attached hydrogens (tertiary/aromatic N) is 5. The zero-order valence-electron chi connectivity index (χ0n) is 21.6. The highest BCUT2D eigenvalue weighted by Crippen LogP contribution is 2.36. The lowest BCUT2D eigenvalue weighted by Crippen LogP contribution is -2.32. The molecule has 0 radical (unpaired) electrons. The number of fused-ring (bicyclic) bond motifs is 1. The molecule has 2 heterocycles. The summed E-state index contributed by atoms with van der Waals surface area (Å²) < 4.78 is 21.9. The van der Waals surface area contributed by atoms with Gasteiger partial charge >= 0.3 is 0 Å². The molecule has 9 nitrogen and oxygen atoms in total. The van der Waals surface area contributed by atoms with E-state index in [1.165, 1.54) is 21.5 Å². The van der Waals surface area contributed by atoms with Gasteiger partial charge in [-0.15, -0.1) is 15.0 Å². The number of benzene rings is 3. The minimum absolute atomic E-state index is 0.443. The summed E-state index contributed by atoms with van der Waals surface area (Å²) in [6.07, 6.45) is 1.96. The number of rotatable bonds is 9. The van der Waals surface area contributed by atoms with Gasteiger partial charge in [-0.2, -0.15) is 0 Å². The second-order valence-electron chi connectivity index (χ2n) is 8.86. The number of methoxy groups -OCH3 is 4. The molecule has 5 rings (SSSR count). The van der Waals surface area contributed by atoms with Crippen molar-refractivity contribution in [3.63, 3.8) is 0 Å². The normalized spacial score (nSPS) is 13.2. The van der Waals surface area contributed by atoms with Gasteiger partial charge in [0.25, 0.3) is 0 Å². The van der Waals surface area contributed by atoms with Crippen LogP contribution in [0, 0.1) is 0 Å². The first-order valence-corrected chi connectivity index (χ1v) is 12.2. The number of ether oxygens (including phenoxy) is 4. The quantitative estimate of drug-likeness (QED) is 0.341. The molecule has 37 heavy (non-hydrogen) atoms. The van der Waals surface area contributed by atoms with E-state index < -0.39 is 0 Å². The molecule has 0 spiro atoms. The predicted octanol–water partition coefficient (Wildman–Crippen LogP) is 3.96. The fraction of sp³-hybridized carbons (Fsp3) is 0.321. The van der Waals surface area contributed by atoms with E-state index in [0.717, 1.165) is 49.7 Å². The van der Waals surface area contributed by atoms with Crippen LogP contribution in [-0.2, 0) is 19.4 Å². The third-order valence-electron chi connectivity index (χ3n) is 6.75. The third-order valence-corrected chi connectivity index (χ3v) is 6.75. The summed E-state index contributed by atoms with van der Waals surface area (Å²) in [5, 5.41) is 13.1. The Morgan fingerprint density at radius 3 is 2.08 bits per heavy atom. The van der Waals surface area contributed by atoms with E-state index in [0.29, 0.717) is 22.9 Å². The van der Waals surface area contributed by atoms with Crippen molar-refractivity contribution in [2.75, 3.05) is 41.5 Å². The summed E-state index contributed by atoms with van der Waals surface area (Å²) in [6.45, 7) is 2.91. The van der Waals surface area contributed by atoms with E-state index >= 15 is 0 Å². The lowest BCUT2D eigenvalue weighted by atomic mass is 9.98. The average Bonchev–Trinajstić information content (AvgIpc) is 3.44. The minimum Gasteiger partial charge on any atom is -0.496 e. The van der Waals surface area contributed by atoms with E-state index in [-0.39, 0.29) is 0 Å². The minimum atomic E-state index is 0.443. The Bertz CT molecular complexity index is 1350. The van der Waals surface area contributed by atoms with Crippen LogP contribution < -0.4 is 18.9 Å². The molecule has 0 bridgehead atoms. The molecule has 1 aromatic heterocycles. The molecule has 0 amide bonds. The molecule has 0 atom stereocenters. The first-order chi connectivity index (χ1) is 18.1. The van der Waals surface area contributed by atoms with Crippen molar-refractivity contribution in [3.8, 4) is 40.1 Å². The number of hydrogen-bond donors (Lipinski definition) is 0. The van der Waals surface area contributed by atoms with Gasteiger partial charge in [-0.05, 0) is 71.1 Å². The summed E-state index contributed by atoms with van der Waals surface area (Å²) >= 11 is 0. The fourth-order valence-corrected chi connectivity index (χ4v) is 4.71. The predicted molar refractivity (Wildman–Crippen MR) is 140 cm³/mol. The zero-order chi connectivity index (χ0) is 25.8. The topological polar surface area (TPSA) is 83.8 Å². The smallest absolute Gasteiger partial charge is 0.212 e. The third kappa shape index (κ3) is 5.08. The maximum Gasteiger partial charge on any atom is 0.212 e. The van der Waals surface area contributed by atoms with Crippen molar-refractivity contribution >= 4 is 0 Å². The molecule has 0 saturated carbocycles. The molecule has 9 heteroatoms. The standard InChI is InChI=1S/C28H31N5O4/c1-34-23-6-5-7-24(35-2)27(23)28-29-31-33(30-28)22-10-8-19(9-11-22)12-14-32-15-13-20-16-25(36-3)26(37-4)17-21(20)18-32/h5-11,16-17H,12-15,18H2,1-4H3. The van der Waals surface area contributed by atoms with Crippen LogP contribution in [0.25, 0.3) is 17.1 Å². The molecule has 1 aliphatic rings. The Balaban J connectivity index is 1.24. The fourth-order valence-electron chi connectivity index (χ4n) is 4.71. The van der Waals surface area contributed by atoms with Crippen LogP contribution in [0.5, 0.6) is 23.0 Å². The van der Waals surface area contributed by atoms with Gasteiger partial charge in [0.2, 0.25) is 5.82 Å². The van der Waals surface area contributed by atoms with Crippen LogP contribution in [-0.4, -0.2) is 66.6 Å². The van der Waals surface area contributed by atoms with E-state index in [1.54, 1.807) is 28.4 Å². The molecular formula is C28H31N5O4. The largest absolute Gasteiger partial charge is 0.496 e. The van der Waals surface area contributed by atoms with Crippen LogP contribution in [0.2, 0.25) is 0 Å². The zero-order valence-corrected chi connectivity index (χ0v) is 21.6. The summed E-state index contributed by atoms with van der Waals surface area (Å²) in [5.74, 6) is 3.29. The van der Waals surface area contributed by atoms with Crippen molar-refractivity contribution < 1.29 is 18.9 Å². The van der Waals surface area contributed by atoms with E-state index in [4.69, 9.17) is 18.9 Å². The lowest BCUT2D eigenvalue weighted by molar-refractivity contribution is 0.255. The molecule has 0 fully saturated rings. The van der Waals surface area contributed by atoms with Gasteiger partial charge in [-0.25, -0.2) is 0 Å². The average molecular weight is 502 g/mol. The second kappa shape index (κ2) is 10.9. The lowest BCUT2D eigenvalue weighted by Gasteiger charge is -2.29. The van der Waals surface area contributed by atoms with Crippen LogP contribution in [0.1, 0.15) is 16.7 Å². The van der Waals surface area contributed by atoms with E-state index in [9.17, 15) is 0 Å². The first kappa shape index (κ1) is 24.6. The van der Waals surface area contributed by atoms with Gasteiger partial charge in [-0.1, -0.05) is 18.2 Å². The van der Waals surface area contributed by atoms with E-state index in [1.807, 2.05) is 30.3 Å². The SMILES string of the molecule is COc1cc2c(cc1OC)CN(CCc1ccc(-n3nnc(-c4c(OC)cccc4OC)n3)cc1)CC2. The van der Waals surface area contributed by atoms with Crippen LogP contribution in [0.4, 0.5) is 0 Å². The summed E-state index contributed by atoms with van der Waals surface area (Å²) in [4.78, 5) is 4.00. The highest BCUT2D eigenvalue weighted by Gasteiger charge is 2.20. The highest BCUT2D eigenvalue weighted by atomic mass is 16.5. The molecule has 0 aliphatic carbocycles. The van der Waals surface area contributed by atoms with Crippen molar-refractivity contribution in [1.29, 1.82) is 0 Å². The highest BCUT2D eigenvalue weighted by molar-refractivity contribution is 5.71. The molecule has 1 aliphatic heterocycles. The summed E-state index contributed by atoms with van der Waals surface area (Å²) in [6, 6.07) is 18.0. The van der Waals surface area contributed by atoms with E-state index in [2.05, 4.69) is 44.6 Å². The molecule has 0 saturated heterocycles. The van der Waals surface area contributed by atoms with Crippen molar-refractivity contribution in [3.05, 3.63) is 71.3 Å². The van der Waals surface area contributed by atoms with Crippen molar-refractivity contribution in [2.45, 2.75) is 19.4 Å². The molecule has 192 valence electrons. The van der Waals surface area contributed by atoms with Gasteiger partial charge in [0, 0.05) is 19.6 Å². The van der Waals surface area contributed by atoms with Crippen molar-refractivity contribution in [2.24, 2.45) is 0 Å². The molecule has 0 unspecified atom stereocenters. The Morgan fingerprint density at radius 2 is 1.43 bits per heavy atom. The summed E-state index contributed by atoms with van der Waals surface area (Å²) in [5.41, 5.74) is 5.41. The second-order valence-corrected chi connectivity index (χ2v) is 8.86. The summed E-state index contributed by atoms with van der Waals surface area (Å²) in [7, 11) is 6.58. The van der Waals surface area contributed by atoms with Gasteiger partial charge in [0.15, 0.2) is 11.5 Å². The Kier molecular flexibility index (Phi) is 7.23. The van der Waals surface area contributed by atoms with Crippen molar-refractivity contribution in [1.82, 2.24) is 25.1 Å². The maximum absolute atomic E-state index is 5.49. The van der Waals surface area contributed by atoms with Crippen LogP contribution in [0.3, 0.4) is 0 Å². The van der Waals surface area contributed by atoms with Crippen LogP contribution in [0.15, 0.2) is 54.6 Å². The first-order valence-electron chi connectivity index (χ1n) is 12.2. The Labute approximate surface area is 216 Å².